The zero-order valence-electron chi connectivity index (χ0n) is 13.8. The van der Waals surface area contributed by atoms with Gasteiger partial charge in [-0.25, -0.2) is 0 Å². The third kappa shape index (κ3) is 3.91. The second-order valence-electron chi connectivity index (χ2n) is 5.55. The maximum atomic E-state index is 12.6. The first-order valence-electron chi connectivity index (χ1n) is 8.24. The Labute approximate surface area is 132 Å². The topological polar surface area (TPSA) is 52.0 Å². The van der Waals surface area contributed by atoms with Gasteiger partial charge < -0.3 is 19.7 Å². The molecule has 2 rings (SSSR count). The fourth-order valence-corrected chi connectivity index (χ4v) is 2.90. The van der Waals surface area contributed by atoms with Crippen LogP contribution in [0.15, 0.2) is 18.2 Å². The first-order chi connectivity index (χ1) is 10.7. The zero-order chi connectivity index (χ0) is 15.9. The lowest BCUT2D eigenvalue weighted by atomic mass is 10.1. The van der Waals surface area contributed by atoms with E-state index in [-0.39, 0.29) is 11.9 Å². The molecule has 0 aliphatic carbocycles. The number of hydrogen-bond donors (Lipinski definition) is 2. The highest BCUT2D eigenvalue weighted by Crippen LogP contribution is 2.32. The van der Waals surface area contributed by atoms with Gasteiger partial charge in [-0.15, -0.1) is 0 Å². The molecule has 2 N–H and O–H groups in total. The monoisotopic (exact) mass is 307 g/mol. The van der Waals surface area contributed by atoms with E-state index in [1.54, 1.807) is 0 Å². The Morgan fingerprint density at radius 3 is 2.50 bits per heavy atom. The summed E-state index contributed by atoms with van der Waals surface area (Å²) in [7, 11) is 0. The van der Waals surface area contributed by atoms with E-state index in [0.717, 1.165) is 37.4 Å². The van der Waals surface area contributed by atoms with E-state index >= 15 is 0 Å². The van der Waals surface area contributed by atoms with Crippen LogP contribution in [0.25, 0.3) is 0 Å². The van der Waals surface area contributed by atoms with Gasteiger partial charge in [0.1, 0.15) is 13.2 Å². The van der Waals surface area contributed by atoms with E-state index < -0.39 is 0 Å². The predicted molar refractivity (Wildman–Crippen MR) is 86.8 cm³/mol. The van der Waals surface area contributed by atoms with Crippen molar-refractivity contribution in [3.05, 3.63) is 18.2 Å². The van der Waals surface area contributed by atoms with Crippen molar-refractivity contribution in [3.63, 3.8) is 0 Å². The number of benzene rings is 1. The number of quaternary nitrogens is 1. The average Bonchev–Trinajstić information content (AvgIpc) is 2.55. The zero-order valence-corrected chi connectivity index (χ0v) is 13.8. The molecule has 1 aromatic rings. The van der Waals surface area contributed by atoms with Crippen LogP contribution in [0.5, 0.6) is 11.5 Å². The quantitative estimate of drug-likeness (QED) is 0.802. The van der Waals surface area contributed by atoms with Gasteiger partial charge in [0, 0.05) is 18.2 Å². The fourth-order valence-electron chi connectivity index (χ4n) is 2.90. The molecule has 0 unspecified atom stereocenters. The number of rotatable bonds is 7. The number of likely N-dealkylation sites (N-methyl/N-ethyl adjacent to an activating group) is 1. The maximum Gasteiger partial charge on any atom is 0.282 e. The summed E-state index contributed by atoms with van der Waals surface area (Å²) in [6.07, 6.45) is 1.90. The number of ether oxygens (including phenoxy) is 2. The smallest absolute Gasteiger partial charge is 0.282 e. The maximum absolute atomic E-state index is 12.6. The molecule has 0 saturated heterocycles. The summed E-state index contributed by atoms with van der Waals surface area (Å²) < 4.78 is 11.1. The Morgan fingerprint density at radius 2 is 1.86 bits per heavy atom. The van der Waals surface area contributed by atoms with E-state index in [0.29, 0.717) is 19.0 Å². The Bertz CT molecular complexity index is 501. The normalized spacial score (nSPS) is 14.7. The third-order valence-corrected chi connectivity index (χ3v) is 4.10. The SMILES string of the molecule is CCC[C@H](C(=O)Nc1ccc2c(c1)OCCO2)[NH+](CC)CC. The molecule has 1 heterocycles. The summed E-state index contributed by atoms with van der Waals surface area (Å²) in [5, 5.41) is 3.03. The molecule has 0 fully saturated rings. The highest BCUT2D eigenvalue weighted by molar-refractivity contribution is 5.94. The first kappa shape index (κ1) is 16.6. The highest BCUT2D eigenvalue weighted by Gasteiger charge is 2.27. The van der Waals surface area contributed by atoms with Crippen LogP contribution in [-0.4, -0.2) is 38.3 Å². The second-order valence-corrected chi connectivity index (χ2v) is 5.55. The first-order valence-corrected chi connectivity index (χ1v) is 8.24. The number of hydrogen-bond acceptors (Lipinski definition) is 3. The fraction of sp³-hybridized carbons (Fsp3) is 0.588. The lowest BCUT2D eigenvalue weighted by molar-refractivity contribution is -0.912. The lowest BCUT2D eigenvalue weighted by Crippen LogP contribution is -3.16. The molecule has 0 radical (unpaired) electrons. The number of carbonyl (C=O) groups is 1. The van der Waals surface area contributed by atoms with Gasteiger partial charge in [0.05, 0.1) is 13.1 Å². The van der Waals surface area contributed by atoms with Crippen LogP contribution in [0.2, 0.25) is 0 Å². The summed E-state index contributed by atoms with van der Waals surface area (Å²) in [5.74, 6) is 1.52. The van der Waals surface area contributed by atoms with Gasteiger partial charge in [0.15, 0.2) is 17.5 Å². The van der Waals surface area contributed by atoms with Crippen molar-refractivity contribution in [2.24, 2.45) is 0 Å². The van der Waals surface area contributed by atoms with Gasteiger partial charge in [0.2, 0.25) is 0 Å². The van der Waals surface area contributed by atoms with Gasteiger partial charge in [0.25, 0.3) is 5.91 Å². The molecule has 0 saturated carbocycles. The number of amides is 1. The molecule has 1 aliphatic rings. The van der Waals surface area contributed by atoms with Crippen molar-refractivity contribution >= 4 is 11.6 Å². The van der Waals surface area contributed by atoms with Crippen LogP contribution in [0, 0.1) is 0 Å². The average molecular weight is 307 g/mol. The van der Waals surface area contributed by atoms with Crippen LogP contribution in [0.3, 0.4) is 0 Å². The van der Waals surface area contributed by atoms with Gasteiger partial charge >= 0.3 is 0 Å². The summed E-state index contributed by atoms with van der Waals surface area (Å²) in [5.41, 5.74) is 0.766. The van der Waals surface area contributed by atoms with E-state index in [9.17, 15) is 4.79 Å². The van der Waals surface area contributed by atoms with E-state index in [1.807, 2.05) is 18.2 Å². The van der Waals surface area contributed by atoms with E-state index in [2.05, 4.69) is 26.1 Å². The van der Waals surface area contributed by atoms with E-state index in [4.69, 9.17) is 9.47 Å². The summed E-state index contributed by atoms with van der Waals surface area (Å²) in [6.45, 7) is 9.39. The van der Waals surface area contributed by atoms with Crippen molar-refractivity contribution in [2.75, 3.05) is 31.6 Å². The Morgan fingerprint density at radius 1 is 1.18 bits per heavy atom. The number of nitrogens with one attached hydrogen (secondary N) is 2. The molecule has 22 heavy (non-hydrogen) atoms. The highest BCUT2D eigenvalue weighted by atomic mass is 16.6. The molecule has 0 bridgehead atoms. The molecule has 1 aliphatic heterocycles. The number of anilines is 1. The van der Waals surface area contributed by atoms with Crippen LogP contribution < -0.4 is 19.7 Å². The van der Waals surface area contributed by atoms with Gasteiger partial charge in [-0.2, -0.15) is 0 Å². The molecular weight excluding hydrogens is 280 g/mol. The molecule has 122 valence electrons. The number of carbonyl (C=O) groups excluding carboxylic acids is 1. The van der Waals surface area contributed by atoms with Crippen LogP contribution in [0.1, 0.15) is 33.6 Å². The van der Waals surface area contributed by atoms with Gasteiger partial charge in [-0.05, 0) is 32.4 Å². The summed E-state index contributed by atoms with van der Waals surface area (Å²) >= 11 is 0. The van der Waals surface area contributed by atoms with E-state index in [1.165, 1.54) is 4.90 Å². The minimum absolute atomic E-state index is 0.00630. The van der Waals surface area contributed by atoms with Crippen molar-refractivity contribution in [1.82, 2.24) is 0 Å². The summed E-state index contributed by atoms with van der Waals surface area (Å²) in [4.78, 5) is 13.9. The molecular formula is C17H27N2O3+. The number of fused-ring (bicyclic) bond motifs is 1. The Kier molecular flexibility index (Phi) is 6.07. The minimum Gasteiger partial charge on any atom is -0.486 e. The van der Waals surface area contributed by atoms with Crippen molar-refractivity contribution < 1.29 is 19.2 Å². The van der Waals surface area contributed by atoms with Gasteiger partial charge in [-0.1, -0.05) is 6.92 Å². The second kappa shape index (κ2) is 8.03. The van der Waals surface area contributed by atoms with Crippen molar-refractivity contribution in [1.29, 1.82) is 0 Å². The van der Waals surface area contributed by atoms with Crippen LogP contribution in [-0.2, 0) is 4.79 Å². The van der Waals surface area contributed by atoms with Crippen molar-refractivity contribution in [2.45, 2.75) is 39.7 Å². The van der Waals surface area contributed by atoms with Crippen LogP contribution in [0.4, 0.5) is 5.69 Å². The van der Waals surface area contributed by atoms with Gasteiger partial charge in [-0.3, -0.25) is 4.79 Å². The molecule has 1 aromatic carbocycles. The minimum atomic E-state index is -0.00630. The van der Waals surface area contributed by atoms with Crippen LogP contribution >= 0.6 is 0 Å². The summed E-state index contributed by atoms with van der Waals surface area (Å²) in [6, 6.07) is 5.55. The standard InChI is InChI=1S/C17H26N2O3/c1-4-7-14(19(5-2)6-3)17(20)18-13-8-9-15-16(12-13)22-11-10-21-15/h8-9,12,14H,4-7,10-11H2,1-3H3,(H,18,20)/p+1/t14-/m1/s1. The molecule has 5 nitrogen and oxygen atoms in total. The molecule has 1 atom stereocenters. The predicted octanol–water partition coefficient (Wildman–Crippen LogP) is 1.49. The lowest BCUT2D eigenvalue weighted by Gasteiger charge is -2.26. The van der Waals surface area contributed by atoms with Crippen molar-refractivity contribution in [3.8, 4) is 11.5 Å². The Hall–Kier alpha value is -1.75. The molecule has 1 amide bonds. The Balaban J connectivity index is 2.08. The third-order valence-electron chi connectivity index (χ3n) is 4.10. The largest absolute Gasteiger partial charge is 0.486 e. The molecule has 0 aromatic heterocycles. The molecule has 0 spiro atoms. The molecule has 5 heteroatoms.